The average Bonchev–Trinajstić information content (AvgIpc) is 2.72. The molecule has 3 aromatic carbocycles. The van der Waals surface area contributed by atoms with Gasteiger partial charge >= 0.3 is 5.97 Å². The van der Waals surface area contributed by atoms with E-state index in [1.165, 1.54) is 18.2 Å². The standard InChI is InChI=1S/C24H26O6S/c1-4-19(16(2)3)17-8-7-9-18(14-17)29-15-24(25)30-22-12-13-23(31(26,27)28)21-11-6-5-10-20(21)22/h5-14,16,19H,4,15H2,1-3H3,(H,26,27,28). The second kappa shape index (κ2) is 9.49. The van der Waals surface area contributed by atoms with Crippen LogP contribution in [-0.2, 0) is 14.9 Å². The van der Waals surface area contributed by atoms with Gasteiger partial charge in [0.15, 0.2) is 6.61 Å². The number of fused-ring (bicyclic) bond motifs is 1. The van der Waals surface area contributed by atoms with E-state index in [9.17, 15) is 17.8 Å². The average molecular weight is 443 g/mol. The fourth-order valence-corrected chi connectivity index (χ4v) is 4.47. The Balaban J connectivity index is 1.75. The highest BCUT2D eigenvalue weighted by Gasteiger charge is 2.18. The molecule has 0 saturated carbocycles. The van der Waals surface area contributed by atoms with Crippen molar-refractivity contribution in [3.63, 3.8) is 0 Å². The Hall–Kier alpha value is -2.90. The Bertz CT molecular complexity index is 1180. The Morgan fingerprint density at radius 2 is 1.71 bits per heavy atom. The van der Waals surface area contributed by atoms with Gasteiger partial charge < -0.3 is 9.47 Å². The third-order valence-corrected chi connectivity index (χ3v) is 6.15. The van der Waals surface area contributed by atoms with Crippen molar-refractivity contribution >= 4 is 26.9 Å². The molecule has 0 aliphatic rings. The number of carbonyl (C=O) groups excluding carboxylic acids is 1. The predicted octanol–water partition coefficient (Wildman–Crippen LogP) is 5.22. The number of hydrogen-bond donors (Lipinski definition) is 1. The molecule has 0 aliphatic heterocycles. The van der Waals surface area contributed by atoms with Crippen LogP contribution in [0, 0.1) is 5.92 Å². The van der Waals surface area contributed by atoms with Gasteiger partial charge in [-0.3, -0.25) is 4.55 Å². The van der Waals surface area contributed by atoms with Crippen LogP contribution in [0.1, 0.15) is 38.7 Å². The van der Waals surface area contributed by atoms with E-state index < -0.39 is 16.1 Å². The topological polar surface area (TPSA) is 89.9 Å². The lowest BCUT2D eigenvalue weighted by Gasteiger charge is -2.20. The molecule has 1 unspecified atom stereocenters. The molecular weight excluding hydrogens is 416 g/mol. The summed E-state index contributed by atoms with van der Waals surface area (Å²) in [6.45, 7) is 6.21. The zero-order chi connectivity index (χ0) is 22.6. The van der Waals surface area contributed by atoms with E-state index in [0.29, 0.717) is 23.0 Å². The first-order valence-corrected chi connectivity index (χ1v) is 11.6. The summed E-state index contributed by atoms with van der Waals surface area (Å²) in [7, 11) is -4.41. The second-order valence-electron chi connectivity index (χ2n) is 7.68. The third-order valence-electron chi connectivity index (χ3n) is 5.23. The molecule has 1 atom stereocenters. The summed E-state index contributed by atoms with van der Waals surface area (Å²) in [4.78, 5) is 12.1. The highest BCUT2D eigenvalue weighted by Crippen LogP contribution is 2.32. The molecule has 3 aromatic rings. The second-order valence-corrected chi connectivity index (χ2v) is 9.07. The molecule has 0 bridgehead atoms. The Morgan fingerprint density at radius 1 is 1.00 bits per heavy atom. The SMILES string of the molecule is CCC(c1cccc(OCC(=O)Oc2ccc(S(=O)(=O)O)c3ccccc23)c1)C(C)C. The third kappa shape index (κ3) is 5.42. The van der Waals surface area contributed by atoms with E-state index in [-0.39, 0.29) is 22.6 Å². The van der Waals surface area contributed by atoms with Crippen molar-refractivity contribution in [3.05, 3.63) is 66.2 Å². The van der Waals surface area contributed by atoms with Gasteiger partial charge in [-0.25, -0.2) is 4.79 Å². The van der Waals surface area contributed by atoms with Crippen LogP contribution in [0.4, 0.5) is 0 Å². The molecule has 1 N–H and O–H groups in total. The van der Waals surface area contributed by atoms with Crippen molar-refractivity contribution in [2.24, 2.45) is 5.92 Å². The molecule has 31 heavy (non-hydrogen) atoms. The van der Waals surface area contributed by atoms with E-state index in [1.807, 2.05) is 12.1 Å². The molecule has 0 aromatic heterocycles. The van der Waals surface area contributed by atoms with Crippen LogP contribution in [0.2, 0.25) is 0 Å². The van der Waals surface area contributed by atoms with Crippen LogP contribution in [0.3, 0.4) is 0 Å². The summed E-state index contributed by atoms with van der Waals surface area (Å²) >= 11 is 0. The molecule has 0 saturated heterocycles. The molecule has 6 nitrogen and oxygen atoms in total. The number of carbonyl (C=O) groups is 1. The van der Waals surface area contributed by atoms with Gasteiger partial charge in [-0.15, -0.1) is 0 Å². The van der Waals surface area contributed by atoms with Crippen molar-refractivity contribution in [1.82, 2.24) is 0 Å². The van der Waals surface area contributed by atoms with Crippen LogP contribution in [0.15, 0.2) is 65.6 Å². The van der Waals surface area contributed by atoms with Crippen molar-refractivity contribution < 1.29 is 27.2 Å². The maximum atomic E-state index is 12.4. The van der Waals surface area contributed by atoms with E-state index in [4.69, 9.17) is 9.47 Å². The van der Waals surface area contributed by atoms with Crippen molar-refractivity contribution in [2.75, 3.05) is 6.61 Å². The quantitative estimate of drug-likeness (QED) is 0.292. The Kier molecular flexibility index (Phi) is 6.97. The van der Waals surface area contributed by atoms with E-state index in [0.717, 1.165) is 12.0 Å². The zero-order valence-electron chi connectivity index (χ0n) is 17.7. The molecule has 0 radical (unpaired) electrons. The first kappa shape index (κ1) is 22.8. The van der Waals surface area contributed by atoms with Gasteiger partial charge in [0.05, 0.1) is 0 Å². The molecule has 7 heteroatoms. The van der Waals surface area contributed by atoms with E-state index >= 15 is 0 Å². The van der Waals surface area contributed by atoms with Gasteiger partial charge in [0.1, 0.15) is 16.4 Å². The lowest BCUT2D eigenvalue weighted by molar-refractivity contribution is -0.136. The number of benzene rings is 3. The lowest BCUT2D eigenvalue weighted by Crippen LogP contribution is -2.18. The summed E-state index contributed by atoms with van der Waals surface area (Å²) in [5.41, 5.74) is 1.16. The van der Waals surface area contributed by atoms with Crippen LogP contribution >= 0.6 is 0 Å². The normalized spacial score (nSPS) is 12.7. The van der Waals surface area contributed by atoms with Gasteiger partial charge in [0.2, 0.25) is 0 Å². The molecule has 0 fully saturated rings. The lowest BCUT2D eigenvalue weighted by atomic mass is 9.86. The van der Waals surface area contributed by atoms with Crippen LogP contribution in [-0.4, -0.2) is 25.5 Å². The first-order valence-electron chi connectivity index (χ1n) is 10.1. The smallest absolute Gasteiger partial charge is 0.349 e. The number of esters is 1. The largest absolute Gasteiger partial charge is 0.482 e. The summed E-state index contributed by atoms with van der Waals surface area (Å²) in [5, 5.41) is 0.666. The van der Waals surface area contributed by atoms with Gasteiger partial charge in [0.25, 0.3) is 10.1 Å². The molecule has 0 aliphatic carbocycles. The monoisotopic (exact) mass is 442 g/mol. The maximum Gasteiger partial charge on any atom is 0.349 e. The fraction of sp³-hybridized carbons (Fsp3) is 0.292. The van der Waals surface area contributed by atoms with Crippen molar-refractivity contribution in [1.29, 1.82) is 0 Å². The van der Waals surface area contributed by atoms with Crippen LogP contribution in [0.5, 0.6) is 11.5 Å². The molecule has 0 spiro atoms. The summed E-state index contributed by atoms with van der Waals surface area (Å²) in [5.74, 6) is 1.05. The number of hydrogen-bond acceptors (Lipinski definition) is 5. The molecule has 0 amide bonds. The number of rotatable bonds is 8. The highest BCUT2D eigenvalue weighted by molar-refractivity contribution is 7.86. The fourth-order valence-electron chi connectivity index (χ4n) is 3.78. The van der Waals surface area contributed by atoms with Crippen molar-refractivity contribution in [3.8, 4) is 11.5 Å². The number of ether oxygens (including phenoxy) is 2. The molecule has 3 rings (SSSR count). The van der Waals surface area contributed by atoms with Gasteiger partial charge in [0, 0.05) is 10.8 Å². The van der Waals surface area contributed by atoms with Crippen LogP contribution < -0.4 is 9.47 Å². The van der Waals surface area contributed by atoms with Gasteiger partial charge in [-0.1, -0.05) is 57.2 Å². The highest BCUT2D eigenvalue weighted by atomic mass is 32.2. The molecular formula is C24H26O6S. The maximum absolute atomic E-state index is 12.4. The van der Waals surface area contributed by atoms with E-state index in [1.54, 1.807) is 24.3 Å². The first-order chi connectivity index (χ1) is 14.7. The Morgan fingerprint density at radius 3 is 2.35 bits per heavy atom. The summed E-state index contributed by atoms with van der Waals surface area (Å²) in [6.07, 6.45) is 1.01. The van der Waals surface area contributed by atoms with Crippen LogP contribution in [0.25, 0.3) is 10.8 Å². The summed E-state index contributed by atoms with van der Waals surface area (Å²) in [6, 6.07) is 16.7. The van der Waals surface area contributed by atoms with Gasteiger partial charge in [-0.2, -0.15) is 8.42 Å². The predicted molar refractivity (Wildman–Crippen MR) is 119 cm³/mol. The van der Waals surface area contributed by atoms with Gasteiger partial charge in [-0.05, 0) is 48.1 Å². The van der Waals surface area contributed by atoms with E-state index in [2.05, 4.69) is 26.8 Å². The zero-order valence-corrected chi connectivity index (χ0v) is 18.6. The minimum Gasteiger partial charge on any atom is -0.482 e. The Labute approximate surface area is 182 Å². The molecule has 164 valence electrons. The van der Waals surface area contributed by atoms with Crippen molar-refractivity contribution in [2.45, 2.75) is 38.0 Å². The minimum absolute atomic E-state index is 0.191. The summed E-state index contributed by atoms with van der Waals surface area (Å²) < 4.78 is 43.7. The molecule has 0 heterocycles. The minimum atomic E-state index is -4.41.